The summed E-state index contributed by atoms with van der Waals surface area (Å²) in [6.07, 6.45) is 1.26. The van der Waals surface area contributed by atoms with E-state index in [1.54, 1.807) is 11.3 Å². The molecule has 0 aliphatic rings. The number of carbonyl (C=O) groups is 2. The molecular formula is C11H15NO3S2. The fourth-order valence-corrected chi connectivity index (χ4v) is 2.48. The van der Waals surface area contributed by atoms with E-state index in [9.17, 15) is 9.59 Å². The van der Waals surface area contributed by atoms with Gasteiger partial charge in [-0.2, -0.15) is 0 Å². The van der Waals surface area contributed by atoms with Crippen LogP contribution in [0.2, 0.25) is 0 Å². The van der Waals surface area contributed by atoms with Crippen LogP contribution < -0.4 is 5.32 Å². The maximum atomic E-state index is 11.4. The Hall–Kier alpha value is -1.01. The first-order valence-corrected chi connectivity index (χ1v) is 7.30. The normalized spacial score (nSPS) is 10.1. The largest absolute Gasteiger partial charge is 0.481 e. The number of nitrogens with one attached hydrogen (secondary N) is 1. The van der Waals surface area contributed by atoms with Crippen LogP contribution in [0.15, 0.2) is 17.5 Å². The molecule has 0 fully saturated rings. The monoisotopic (exact) mass is 273 g/mol. The van der Waals surface area contributed by atoms with Crippen molar-refractivity contribution < 1.29 is 14.7 Å². The first kappa shape index (κ1) is 14.1. The molecule has 2 N–H and O–H groups in total. The molecule has 1 aromatic heterocycles. The number of thioether (sulfide) groups is 1. The van der Waals surface area contributed by atoms with Crippen molar-refractivity contribution in [1.82, 2.24) is 5.32 Å². The summed E-state index contributed by atoms with van der Waals surface area (Å²) in [6, 6.07) is 3.99. The molecule has 17 heavy (non-hydrogen) atoms. The van der Waals surface area contributed by atoms with Crippen LogP contribution in [0.5, 0.6) is 0 Å². The van der Waals surface area contributed by atoms with Gasteiger partial charge in [0, 0.05) is 23.6 Å². The topological polar surface area (TPSA) is 66.4 Å². The fourth-order valence-electron chi connectivity index (χ4n) is 1.20. The summed E-state index contributed by atoms with van der Waals surface area (Å²) in [6.45, 7) is 0.529. The van der Waals surface area contributed by atoms with Gasteiger partial charge in [0.25, 0.3) is 0 Å². The predicted molar refractivity (Wildman–Crippen MR) is 70.6 cm³/mol. The van der Waals surface area contributed by atoms with E-state index >= 15 is 0 Å². The van der Waals surface area contributed by atoms with Crippen LogP contribution >= 0.6 is 23.1 Å². The minimum absolute atomic E-state index is 0.0225. The van der Waals surface area contributed by atoms with E-state index in [1.807, 2.05) is 17.5 Å². The molecule has 1 aromatic rings. The molecule has 1 rings (SSSR count). The molecule has 0 unspecified atom stereocenters. The lowest BCUT2D eigenvalue weighted by Gasteiger charge is -2.03. The van der Waals surface area contributed by atoms with E-state index in [4.69, 9.17) is 5.11 Å². The Labute approximate surface area is 108 Å². The average Bonchev–Trinajstić information content (AvgIpc) is 2.78. The van der Waals surface area contributed by atoms with E-state index in [0.29, 0.717) is 18.7 Å². The van der Waals surface area contributed by atoms with E-state index in [1.165, 1.54) is 16.6 Å². The van der Waals surface area contributed by atoms with Crippen molar-refractivity contribution in [3.63, 3.8) is 0 Å². The Kier molecular flexibility index (Phi) is 6.73. The van der Waals surface area contributed by atoms with Crippen LogP contribution in [-0.2, 0) is 16.0 Å². The van der Waals surface area contributed by atoms with Crippen LogP contribution in [-0.4, -0.2) is 35.0 Å². The molecular weight excluding hydrogens is 258 g/mol. The second-order valence-corrected chi connectivity index (χ2v) is 5.51. The molecule has 0 saturated carbocycles. The molecule has 0 bridgehead atoms. The Morgan fingerprint density at radius 1 is 1.47 bits per heavy atom. The number of thiophene rings is 1. The van der Waals surface area contributed by atoms with Crippen molar-refractivity contribution in [1.29, 1.82) is 0 Å². The lowest BCUT2D eigenvalue weighted by Crippen LogP contribution is -2.26. The molecule has 4 nitrogen and oxygen atoms in total. The van der Waals surface area contributed by atoms with Gasteiger partial charge in [-0.1, -0.05) is 6.07 Å². The minimum atomic E-state index is -0.820. The van der Waals surface area contributed by atoms with Crippen molar-refractivity contribution >= 4 is 35.0 Å². The third-order valence-corrected chi connectivity index (χ3v) is 3.85. The van der Waals surface area contributed by atoms with Crippen molar-refractivity contribution in [3.05, 3.63) is 22.4 Å². The Bertz CT molecular complexity index is 352. The zero-order valence-electron chi connectivity index (χ0n) is 9.35. The van der Waals surface area contributed by atoms with Crippen LogP contribution in [0.25, 0.3) is 0 Å². The summed E-state index contributed by atoms with van der Waals surface area (Å²) in [7, 11) is 0. The quantitative estimate of drug-likeness (QED) is 0.706. The summed E-state index contributed by atoms with van der Waals surface area (Å²) < 4.78 is 0. The van der Waals surface area contributed by atoms with Gasteiger partial charge in [-0.3, -0.25) is 9.59 Å². The van der Waals surface area contributed by atoms with Crippen LogP contribution in [0, 0.1) is 0 Å². The van der Waals surface area contributed by atoms with Gasteiger partial charge < -0.3 is 10.4 Å². The summed E-state index contributed by atoms with van der Waals surface area (Å²) in [5.41, 5.74) is 0. The molecule has 0 aromatic carbocycles. The third kappa shape index (κ3) is 7.01. The maximum absolute atomic E-state index is 11.4. The highest BCUT2D eigenvalue weighted by Crippen LogP contribution is 2.10. The van der Waals surface area contributed by atoms with Crippen molar-refractivity contribution in [3.8, 4) is 0 Å². The molecule has 0 saturated heterocycles. The molecule has 0 atom stereocenters. The van der Waals surface area contributed by atoms with Gasteiger partial charge in [-0.05, 0) is 17.9 Å². The van der Waals surface area contributed by atoms with E-state index in [0.717, 1.165) is 6.42 Å². The Balaban J connectivity index is 2.00. The number of aliphatic carboxylic acids is 1. The first-order valence-electron chi connectivity index (χ1n) is 5.27. The van der Waals surface area contributed by atoms with E-state index in [-0.39, 0.29) is 11.7 Å². The predicted octanol–water partition coefficient (Wildman–Crippen LogP) is 1.61. The lowest BCUT2D eigenvalue weighted by atomic mass is 10.2. The highest BCUT2D eigenvalue weighted by molar-refractivity contribution is 7.99. The number of amides is 1. The first-order chi connectivity index (χ1) is 8.18. The minimum Gasteiger partial charge on any atom is -0.481 e. The number of carboxylic acid groups (broad SMARTS) is 1. The number of aryl methyl sites for hydroxylation is 1. The van der Waals surface area contributed by atoms with Crippen LogP contribution in [0.4, 0.5) is 0 Å². The molecule has 1 amide bonds. The second-order valence-electron chi connectivity index (χ2n) is 3.38. The van der Waals surface area contributed by atoms with Gasteiger partial charge in [0.2, 0.25) is 5.91 Å². The van der Waals surface area contributed by atoms with Gasteiger partial charge in [-0.15, -0.1) is 23.1 Å². The highest BCUT2D eigenvalue weighted by Gasteiger charge is 2.02. The third-order valence-electron chi connectivity index (χ3n) is 1.97. The average molecular weight is 273 g/mol. The SMILES string of the molecule is O=C(O)CSCCNC(=O)CCc1cccs1. The molecule has 6 heteroatoms. The smallest absolute Gasteiger partial charge is 0.313 e. The summed E-state index contributed by atoms with van der Waals surface area (Å²) in [5, 5.41) is 13.2. The molecule has 94 valence electrons. The number of carboxylic acids is 1. The number of rotatable bonds is 8. The van der Waals surface area contributed by atoms with Gasteiger partial charge >= 0.3 is 5.97 Å². The number of carbonyl (C=O) groups excluding carboxylic acids is 1. The highest BCUT2D eigenvalue weighted by atomic mass is 32.2. The van der Waals surface area contributed by atoms with Crippen molar-refractivity contribution in [2.75, 3.05) is 18.1 Å². The molecule has 0 spiro atoms. The Morgan fingerprint density at radius 3 is 2.94 bits per heavy atom. The summed E-state index contributed by atoms with van der Waals surface area (Å²) in [5.74, 6) is -0.0735. The van der Waals surface area contributed by atoms with Crippen molar-refractivity contribution in [2.45, 2.75) is 12.8 Å². The second kappa shape index (κ2) is 8.14. The van der Waals surface area contributed by atoms with E-state index < -0.39 is 5.97 Å². The van der Waals surface area contributed by atoms with Gasteiger partial charge in [-0.25, -0.2) is 0 Å². The summed E-state index contributed by atoms with van der Waals surface area (Å²) in [4.78, 5) is 22.8. The zero-order valence-corrected chi connectivity index (χ0v) is 11.0. The summed E-state index contributed by atoms with van der Waals surface area (Å²) >= 11 is 2.96. The number of hydrogen-bond donors (Lipinski definition) is 2. The molecule has 0 radical (unpaired) electrons. The maximum Gasteiger partial charge on any atom is 0.313 e. The van der Waals surface area contributed by atoms with Gasteiger partial charge in [0.15, 0.2) is 0 Å². The van der Waals surface area contributed by atoms with Gasteiger partial charge in [0.1, 0.15) is 0 Å². The fraction of sp³-hybridized carbons (Fsp3) is 0.455. The van der Waals surface area contributed by atoms with Crippen LogP contribution in [0.1, 0.15) is 11.3 Å². The van der Waals surface area contributed by atoms with E-state index in [2.05, 4.69) is 5.32 Å². The molecule has 0 aliphatic heterocycles. The number of hydrogen-bond acceptors (Lipinski definition) is 4. The van der Waals surface area contributed by atoms with Crippen LogP contribution in [0.3, 0.4) is 0 Å². The molecule has 0 aliphatic carbocycles. The van der Waals surface area contributed by atoms with Gasteiger partial charge in [0.05, 0.1) is 5.75 Å². The van der Waals surface area contributed by atoms with Crippen molar-refractivity contribution in [2.24, 2.45) is 0 Å². The Morgan fingerprint density at radius 2 is 2.29 bits per heavy atom. The lowest BCUT2D eigenvalue weighted by molar-refractivity contribution is -0.133. The molecule has 1 heterocycles. The zero-order chi connectivity index (χ0) is 12.5. The standard InChI is InChI=1S/C11H15NO3S2/c13-10(4-3-9-2-1-6-17-9)12-5-7-16-8-11(14)15/h1-2,6H,3-5,7-8H2,(H,12,13)(H,14,15).